The molecule has 0 spiro atoms. The maximum absolute atomic E-state index is 13.7. The van der Waals surface area contributed by atoms with Gasteiger partial charge in [0.05, 0.1) is 22.8 Å². The molecule has 202 valence electrons. The Labute approximate surface area is 222 Å². The number of fused-ring (bicyclic) bond motifs is 1. The Bertz CT molecular complexity index is 1140. The van der Waals surface area contributed by atoms with Gasteiger partial charge < -0.3 is 14.4 Å². The van der Waals surface area contributed by atoms with Gasteiger partial charge in [-0.25, -0.2) is 4.98 Å². The Morgan fingerprint density at radius 2 is 1.70 bits per heavy atom. The standard InChI is InChI=1S/C30H46N6O/c1-23(2)12-18-35(19-13-24(3)4)30(37)25-10-11-27-28(20-25)36(17-9-16-34-14-7-6-8-15-34)29(32-27)26-21-31-33(5)22-26/h10-11,20-24H,6-9,12-19H2,1-5H3. The van der Waals surface area contributed by atoms with Gasteiger partial charge in [0.25, 0.3) is 5.91 Å². The molecule has 2 aromatic heterocycles. The van der Waals surface area contributed by atoms with Crippen LogP contribution in [0.1, 0.15) is 76.6 Å². The van der Waals surface area contributed by atoms with E-state index in [-0.39, 0.29) is 5.91 Å². The van der Waals surface area contributed by atoms with Crippen molar-refractivity contribution in [3.63, 3.8) is 0 Å². The summed E-state index contributed by atoms with van der Waals surface area (Å²) in [6.45, 7) is 14.9. The highest BCUT2D eigenvalue weighted by Gasteiger charge is 2.20. The van der Waals surface area contributed by atoms with Crippen LogP contribution in [0, 0.1) is 11.8 Å². The van der Waals surface area contributed by atoms with Crippen LogP contribution in [0.25, 0.3) is 22.4 Å². The minimum Gasteiger partial charge on any atom is -0.339 e. The Morgan fingerprint density at radius 3 is 2.32 bits per heavy atom. The smallest absolute Gasteiger partial charge is 0.253 e. The Kier molecular flexibility index (Phi) is 9.41. The predicted molar refractivity (Wildman–Crippen MR) is 152 cm³/mol. The molecule has 7 heteroatoms. The van der Waals surface area contributed by atoms with Crippen LogP contribution in [0.15, 0.2) is 30.6 Å². The second-order valence-corrected chi connectivity index (χ2v) is 11.6. The third-order valence-electron chi connectivity index (χ3n) is 7.50. The SMILES string of the molecule is CC(C)CCN(CCC(C)C)C(=O)c1ccc2nc(-c3cnn(C)c3)n(CCCN3CCCCC3)c2c1. The molecule has 1 amide bonds. The molecule has 3 heterocycles. The molecule has 3 aromatic rings. The van der Waals surface area contributed by atoms with Gasteiger partial charge >= 0.3 is 0 Å². The third kappa shape index (κ3) is 7.22. The maximum Gasteiger partial charge on any atom is 0.253 e. The number of aryl methyl sites for hydroxylation is 2. The van der Waals surface area contributed by atoms with Crippen LogP contribution in [-0.2, 0) is 13.6 Å². The van der Waals surface area contributed by atoms with Gasteiger partial charge in [-0.1, -0.05) is 34.1 Å². The number of hydrogen-bond acceptors (Lipinski definition) is 4. The zero-order valence-electron chi connectivity index (χ0n) is 23.6. The van der Waals surface area contributed by atoms with Gasteiger partial charge in [-0.2, -0.15) is 5.10 Å². The number of imidazole rings is 1. The predicted octanol–water partition coefficient (Wildman–Crippen LogP) is 5.85. The molecule has 1 aromatic carbocycles. The van der Waals surface area contributed by atoms with E-state index in [1.165, 1.54) is 32.4 Å². The second kappa shape index (κ2) is 12.7. The number of amides is 1. The van der Waals surface area contributed by atoms with Gasteiger partial charge in [0.2, 0.25) is 0 Å². The number of aromatic nitrogens is 4. The number of hydrogen-bond donors (Lipinski definition) is 0. The molecule has 4 rings (SSSR count). The third-order valence-corrected chi connectivity index (χ3v) is 7.50. The van der Waals surface area contributed by atoms with E-state index in [2.05, 4.69) is 53.2 Å². The largest absolute Gasteiger partial charge is 0.339 e. The molecule has 0 unspecified atom stereocenters. The summed E-state index contributed by atoms with van der Waals surface area (Å²) in [5, 5.41) is 4.39. The van der Waals surface area contributed by atoms with E-state index in [4.69, 9.17) is 4.98 Å². The molecule has 0 radical (unpaired) electrons. The average molecular weight is 507 g/mol. The molecule has 1 saturated heterocycles. The topological polar surface area (TPSA) is 59.2 Å². The highest BCUT2D eigenvalue weighted by atomic mass is 16.2. The van der Waals surface area contributed by atoms with E-state index in [1.807, 2.05) is 36.3 Å². The fourth-order valence-corrected chi connectivity index (χ4v) is 5.20. The fourth-order valence-electron chi connectivity index (χ4n) is 5.20. The van der Waals surface area contributed by atoms with Gasteiger partial charge in [0, 0.05) is 38.4 Å². The summed E-state index contributed by atoms with van der Waals surface area (Å²) in [5.74, 6) is 2.20. The van der Waals surface area contributed by atoms with E-state index >= 15 is 0 Å². The van der Waals surface area contributed by atoms with Crippen molar-refractivity contribution < 1.29 is 4.79 Å². The summed E-state index contributed by atoms with van der Waals surface area (Å²) >= 11 is 0. The number of piperidine rings is 1. The first-order chi connectivity index (χ1) is 17.8. The summed E-state index contributed by atoms with van der Waals surface area (Å²) in [6.07, 6.45) is 11.0. The molecular weight excluding hydrogens is 460 g/mol. The van der Waals surface area contributed by atoms with Gasteiger partial charge in [-0.15, -0.1) is 0 Å². The van der Waals surface area contributed by atoms with Gasteiger partial charge in [0.1, 0.15) is 5.82 Å². The van der Waals surface area contributed by atoms with Crippen molar-refractivity contribution in [1.29, 1.82) is 0 Å². The Hall–Kier alpha value is -2.67. The Morgan fingerprint density at radius 1 is 1.00 bits per heavy atom. The molecule has 37 heavy (non-hydrogen) atoms. The van der Waals surface area contributed by atoms with Crippen molar-refractivity contribution in [3.8, 4) is 11.4 Å². The minimum atomic E-state index is 0.132. The van der Waals surface area contributed by atoms with Crippen LogP contribution in [0.3, 0.4) is 0 Å². The van der Waals surface area contributed by atoms with Crippen molar-refractivity contribution in [2.45, 2.75) is 72.8 Å². The molecular formula is C30H46N6O. The summed E-state index contributed by atoms with van der Waals surface area (Å²) in [7, 11) is 1.94. The van der Waals surface area contributed by atoms with Crippen LogP contribution in [0.4, 0.5) is 0 Å². The first-order valence-corrected chi connectivity index (χ1v) is 14.3. The van der Waals surface area contributed by atoms with E-state index in [0.29, 0.717) is 11.8 Å². The van der Waals surface area contributed by atoms with Crippen LogP contribution in [0.2, 0.25) is 0 Å². The molecule has 1 fully saturated rings. The summed E-state index contributed by atoms with van der Waals surface area (Å²) in [6, 6.07) is 6.05. The van der Waals surface area contributed by atoms with Gasteiger partial charge in [0.15, 0.2) is 0 Å². The summed E-state index contributed by atoms with van der Waals surface area (Å²) in [5.41, 5.74) is 3.75. The van der Waals surface area contributed by atoms with E-state index in [1.54, 1.807) is 0 Å². The summed E-state index contributed by atoms with van der Waals surface area (Å²) in [4.78, 5) is 23.3. The van der Waals surface area contributed by atoms with Crippen LogP contribution >= 0.6 is 0 Å². The van der Waals surface area contributed by atoms with E-state index < -0.39 is 0 Å². The number of benzene rings is 1. The highest BCUT2D eigenvalue weighted by Crippen LogP contribution is 2.27. The highest BCUT2D eigenvalue weighted by molar-refractivity contribution is 5.98. The van der Waals surface area contributed by atoms with Crippen LogP contribution in [0.5, 0.6) is 0 Å². The number of carbonyl (C=O) groups is 1. The molecule has 0 bridgehead atoms. The lowest BCUT2D eigenvalue weighted by Crippen LogP contribution is -2.34. The van der Waals surface area contributed by atoms with Crippen molar-refractivity contribution >= 4 is 16.9 Å². The molecule has 7 nitrogen and oxygen atoms in total. The van der Waals surface area contributed by atoms with E-state index in [9.17, 15) is 4.79 Å². The average Bonchev–Trinajstić information content (AvgIpc) is 3.47. The zero-order chi connectivity index (χ0) is 26.4. The fraction of sp³-hybridized carbons (Fsp3) is 0.633. The van der Waals surface area contributed by atoms with Crippen LogP contribution < -0.4 is 0 Å². The van der Waals surface area contributed by atoms with Crippen molar-refractivity contribution in [2.24, 2.45) is 18.9 Å². The second-order valence-electron chi connectivity index (χ2n) is 11.6. The first-order valence-electron chi connectivity index (χ1n) is 14.3. The maximum atomic E-state index is 13.7. The lowest BCUT2D eigenvalue weighted by molar-refractivity contribution is 0.0741. The number of carbonyl (C=O) groups excluding carboxylic acids is 1. The lowest BCUT2D eigenvalue weighted by Gasteiger charge is -2.26. The minimum absolute atomic E-state index is 0.132. The van der Waals surface area contributed by atoms with Gasteiger partial charge in [-0.3, -0.25) is 9.48 Å². The molecule has 0 atom stereocenters. The molecule has 1 aliphatic heterocycles. The Balaban J connectivity index is 1.62. The van der Waals surface area contributed by atoms with E-state index in [0.717, 1.165) is 73.4 Å². The molecule has 0 N–H and O–H groups in total. The van der Waals surface area contributed by atoms with Crippen molar-refractivity contribution in [3.05, 3.63) is 36.2 Å². The van der Waals surface area contributed by atoms with Gasteiger partial charge in [-0.05, 0) is 81.8 Å². The number of rotatable bonds is 12. The zero-order valence-corrected chi connectivity index (χ0v) is 23.6. The normalized spacial score (nSPS) is 14.8. The summed E-state index contributed by atoms with van der Waals surface area (Å²) < 4.78 is 4.13. The quantitative estimate of drug-likeness (QED) is 0.309. The lowest BCUT2D eigenvalue weighted by atomic mass is 10.1. The molecule has 0 saturated carbocycles. The van der Waals surface area contributed by atoms with Crippen molar-refractivity contribution in [1.82, 2.24) is 29.1 Å². The molecule has 1 aliphatic rings. The number of likely N-dealkylation sites (tertiary alicyclic amines) is 1. The number of nitrogens with zero attached hydrogens (tertiary/aromatic N) is 6. The molecule has 0 aliphatic carbocycles. The van der Waals surface area contributed by atoms with Crippen molar-refractivity contribution in [2.75, 3.05) is 32.7 Å². The first kappa shape index (κ1) is 27.4. The van der Waals surface area contributed by atoms with Crippen LogP contribution in [-0.4, -0.2) is 67.8 Å². The monoisotopic (exact) mass is 506 g/mol.